The predicted molar refractivity (Wildman–Crippen MR) is 70.1 cm³/mol. The third-order valence-corrected chi connectivity index (χ3v) is 4.03. The minimum atomic E-state index is 0.864. The molecule has 0 saturated heterocycles. The van der Waals surface area contributed by atoms with E-state index in [1.54, 1.807) is 11.3 Å². The molecule has 0 bridgehead atoms. The normalized spacial score (nSPS) is 11.1. The molecule has 0 unspecified atom stereocenters. The average Bonchev–Trinajstić information content (AvgIpc) is 2.78. The molecule has 0 aliphatic carbocycles. The molecule has 4 nitrogen and oxygen atoms in total. The highest BCUT2D eigenvalue weighted by Crippen LogP contribution is 2.14. The quantitative estimate of drug-likeness (QED) is 0.903. The zero-order valence-corrected chi connectivity index (χ0v) is 11.6. The number of rotatable bonds is 4. The van der Waals surface area contributed by atoms with E-state index in [2.05, 4.69) is 29.2 Å². The Morgan fingerprint density at radius 3 is 2.53 bits per heavy atom. The van der Waals surface area contributed by atoms with Crippen molar-refractivity contribution in [3.63, 3.8) is 0 Å². The van der Waals surface area contributed by atoms with Gasteiger partial charge in [-0.2, -0.15) is 5.10 Å². The highest BCUT2D eigenvalue weighted by atomic mass is 32.1. The van der Waals surface area contributed by atoms with Crippen molar-refractivity contribution in [2.45, 2.75) is 33.9 Å². The van der Waals surface area contributed by atoms with E-state index in [0.29, 0.717) is 0 Å². The topological polar surface area (TPSA) is 42.7 Å². The molecule has 0 fully saturated rings. The number of hydrogen-bond acceptors (Lipinski definition) is 4. The summed E-state index contributed by atoms with van der Waals surface area (Å²) < 4.78 is 1.93. The Morgan fingerprint density at radius 2 is 2.00 bits per heavy atom. The smallest absolute Gasteiger partial charge is 0.0798 e. The Balaban J connectivity index is 1.97. The monoisotopic (exact) mass is 250 g/mol. The number of nitrogens with zero attached hydrogens (tertiary/aromatic N) is 3. The van der Waals surface area contributed by atoms with Crippen LogP contribution in [0.1, 0.15) is 27.5 Å². The van der Waals surface area contributed by atoms with Crippen LogP contribution in [0.15, 0.2) is 5.51 Å². The first-order valence-electron chi connectivity index (χ1n) is 5.68. The fourth-order valence-electron chi connectivity index (χ4n) is 1.87. The maximum absolute atomic E-state index is 4.41. The molecule has 0 radical (unpaired) electrons. The van der Waals surface area contributed by atoms with Gasteiger partial charge in [0.1, 0.15) is 0 Å². The standard InChI is InChI=1S/C12H18N4S/c1-8-11(10(3)16(4)15-8)5-13-6-12-9(2)14-7-17-12/h7,13H,5-6H2,1-4H3. The van der Waals surface area contributed by atoms with E-state index < -0.39 is 0 Å². The maximum atomic E-state index is 4.41. The van der Waals surface area contributed by atoms with Gasteiger partial charge in [0.05, 0.1) is 16.9 Å². The van der Waals surface area contributed by atoms with E-state index in [4.69, 9.17) is 0 Å². The van der Waals surface area contributed by atoms with Gasteiger partial charge < -0.3 is 5.32 Å². The first kappa shape index (κ1) is 12.3. The molecule has 5 heteroatoms. The van der Waals surface area contributed by atoms with Crippen molar-refractivity contribution < 1.29 is 0 Å². The molecule has 0 amide bonds. The van der Waals surface area contributed by atoms with Crippen molar-refractivity contribution in [2.75, 3.05) is 0 Å². The second kappa shape index (κ2) is 4.98. The predicted octanol–water partition coefficient (Wildman–Crippen LogP) is 2.09. The Kier molecular flexibility index (Phi) is 3.59. The van der Waals surface area contributed by atoms with Crippen molar-refractivity contribution in [1.82, 2.24) is 20.1 Å². The lowest BCUT2D eigenvalue weighted by Crippen LogP contribution is -2.13. The minimum absolute atomic E-state index is 0.864. The van der Waals surface area contributed by atoms with Gasteiger partial charge in [-0.05, 0) is 20.8 Å². The summed E-state index contributed by atoms with van der Waals surface area (Å²) in [5.41, 5.74) is 6.67. The zero-order chi connectivity index (χ0) is 12.4. The van der Waals surface area contributed by atoms with E-state index in [1.807, 2.05) is 24.2 Å². The first-order chi connectivity index (χ1) is 8.09. The molecule has 0 spiro atoms. The summed E-state index contributed by atoms with van der Waals surface area (Å²) in [6.45, 7) is 7.96. The summed E-state index contributed by atoms with van der Waals surface area (Å²) in [6.07, 6.45) is 0. The number of thiazole rings is 1. The van der Waals surface area contributed by atoms with E-state index in [1.165, 1.54) is 16.1 Å². The molecule has 0 saturated carbocycles. The van der Waals surface area contributed by atoms with Crippen molar-refractivity contribution in [1.29, 1.82) is 0 Å². The minimum Gasteiger partial charge on any atom is -0.308 e. The van der Waals surface area contributed by atoms with Crippen molar-refractivity contribution >= 4 is 11.3 Å². The Labute approximate surface area is 106 Å². The van der Waals surface area contributed by atoms with Gasteiger partial charge in [0.2, 0.25) is 0 Å². The maximum Gasteiger partial charge on any atom is 0.0798 e. The van der Waals surface area contributed by atoms with Gasteiger partial charge in [0, 0.05) is 36.3 Å². The number of nitrogens with one attached hydrogen (secondary N) is 1. The van der Waals surface area contributed by atoms with Crippen LogP contribution in [0.2, 0.25) is 0 Å². The lowest BCUT2D eigenvalue weighted by molar-refractivity contribution is 0.687. The van der Waals surface area contributed by atoms with Gasteiger partial charge >= 0.3 is 0 Å². The summed E-state index contributed by atoms with van der Waals surface area (Å²) in [4.78, 5) is 5.55. The number of aromatic nitrogens is 3. The van der Waals surface area contributed by atoms with E-state index >= 15 is 0 Å². The highest BCUT2D eigenvalue weighted by molar-refractivity contribution is 7.09. The van der Waals surface area contributed by atoms with Crippen LogP contribution >= 0.6 is 11.3 Å². The van der Waals surface area contributed by atoms with Gasteiger partial charge in [0.25, 0.3) is 0 Å². The SMILES string of the molecule is Cc1ncsc1CNCc1c(C)nn(C)c1C. The Hall–Kier alpha value is -1.20. The van der Waals surface area contributed by atoms with Crippen LogP contribution in [0.4, 0.5) is 0 Å². The van der Waals surface area contributed by atoms with Crippen LogP contribution in [-0.2, 0) is 20.1 Å². The van der Waals surface area contributed by atoms with Crippen molar-refractivity contribution in [2.24, 2.45) is 7.05 Å². The highest BCUT2D eigenvalue weighted by Gasteiger charge is 2.09. The summed E-state index contributed by atoms with van der Waals surface area (Å²) in [5, 5.41) is 7.87. The molecule has 2 rings (SSSR count). The molecule has 17 heavy (non-hydrogen) atoms. The van der Waals surface area contributed by atoms with Crippen LogP contribution in [-0.4, -0.2) is 14.8 Å². The van der Waals surface area contributed by atoms with Crippen LogP contribution in [0.5, 0.6) is 0 Å². The van der Waals surface area contributed by atoms with Crippen LogP contribution in [0.3, 0.4) is 0 Å². The lowest BCUT2D eigenvalue weighted by atomic mass is 10.2. The summed E-state index contributed by atoms with van der Waals surface area (Å²) in [5.74, 6) is 0. The largest absolute Gasteiger partial charge is 0.308 e. The molecular formula is C12H18N4S. The number of hydrogen-bond donors (Lipinski definition) is 1. The second-order valence-electron chi connectivity index (χ2n) is 4.24. The van der Waals surface area contributed by atoms with E-state index in [-0.39, 0.29) is 0 Å². The first-order valence-corrected chi connectivity index (χ1v) is 6.56. The molecular weight excluding hydrogens is 232 g/mol. The number of aryl methyl sites for hydroxylation is 3. The van der Waals surface area contributed by atoms with Crippen LogP contribution in [0.25, 0.3) is 0 Å². The van der Waals surface area contributed by atoms with Crippen LogP contribution < -0.4 is 5.32 Å². The molecule has 2 aromatic heterocycles. The molecule has 2 heterocycles. The third kappa shape index (κ3) is 2.56. The molecule has 2 aromatic rings. The molecule has 1 N–H and O–H groups in total. The van der Waals surface area contributed by atoms with Crippen molar-refractivity contribution in [3.05, 3.63) is 33.0 Å². The van der Waals surface area contributed by atoms with Gasteiger partial charge in [-0.15, -0.1) is 11.3 Å². The average molecular weight is 250 g/mol. The fourth-order valence-corrected chi connectivity index (χ4v) is 2.62. The van der Waals surface area contributed by atoms with E-state index in [0.717, 1.165) is 24.5 Å². The Bertz CT molecular complexity index is 513. The van der Waals surface area contributed by atoms with Gasteiger partial charge in [-0.3, -0.25) is 4.68 Å². The van der Waals surface area contributed by atoms with E-state index in [9.17, 15) is 0 Å². The van der Waals surface area contributed by atoms with Gasteiger partial charge in [-0.1, -0.05) is 0 Å². The zero-order valence-electron chi connectivity index (χ0n) is 10.7. The molecule has 0 aromatic carbocycles. The summed E-state index contributed by atoms with van der Waals surface area (Å²) in [7, 11) is 1.99. The fraction of sp³-hybridized carbons (Fsp3) is 0.500. The molecule has 0 aliphatic rings. The van der Waals surface area contributed by atoms with Gasteiger partial charge in [-0.25, -0.2) is 4.98 Å². The van der Waals surface area contributed by atoms with Gasteiger partial charge in [0.15, 0.2) is 0 Å². The van der Waals surface area contributed by atoms with Crippen LogP contribution in [0, 0.1) is 20.8 Å². The van der Waals surface area contributed by atoms with Crippen molar-refractivity contribution in [3.8, 4) is 0 Å². The Morgan fingerprint density at radius 1 is 1.24 bits per heavy atom. The summed E-state index contributed by atoms with van der Waals surface area (Å²) in [6, 6.07) is 0. The summed E-state index contributed by atoms with van der Waals surface area (Å²) >= 11 is 1.70. The lowest BCUT2D eigenvalue weighted by Gasteiger charge is -2.04. The molecule has 0 atom stereocenters. The second-order valence-corrected chi connectivity index (χ2v) is 5.18. The molecule has 92 valence electrons. The molecule has 0 aliphatic heterocycles. The third-order valence-electron chi connectivity index (χ3n) is 3.09.